The molecule has 0 aromatic carbocycles. The first-order valence-corrected chi connectivity index (χ1v) is 9.24. The van der Waals surface area contributed by atoms with E-state index in [-0.39, 0.29) is 5.57 Å². The maximum absolute atomic E-state index is 11.6. The second kappa shape index (κ2) is 7.36. The molecule has 6 heteroatoms. The molecule has 1 spiro atoms. The standard InChI is InChI=1S/C20H27N5O/c1-22-16-5-6-17(24(2)3)23-18(16)19(15(13-21)14-26)25-11-9-20(10-12-25)7-4-8-20/h5-6,14,22H,4,7-12H2,1-3H3/b19-15+. The predicted molar refractivity (Wildman–Crippen MR) is 104 cm³/mol. The van der Waals surface area contributed by atoms with E-state index < -0.39 is 0 Å². The number of carbonyl (C=O) groups excluding carboxylic acids is 1. The lowest BCUT2D eigenvalue weighted by Crippen LogP contribution is -2.43. The van der Waals surface area contributed by atoms with Gasteiger partial charge < -0.3 is 15.1 Å². The number of carbonyl (C=O) groups is 1. The monoisotopic (exact) mass is 353 g/mol. The number of rotatable bonds is 5. The Morgan fingerprint density at radius 2 is 2.00 bits per heavy atom. The molecule has 0 atom stereocenters. The van der Waals surface area contributed by atoms with Crippen molar-refractivity contribution in [3.8, 4) is 6.07 Å². The quantitative estimate of drug-likeness (QED) is 0.498. The van der Waals surface area contributed by atoms with E-state index in [1.54, 1.807) is 0 Å². The van der Waals surface area contributed by atoms with Gasteiger partial charge in [0.05, 0.1) is 11.4 Å². The number of hydrogen-bond acceptors (Lipinski definition) is 6. The van der Waals surface area contributed by atoms with E-state index in [9.17, 15) is 10.1 Å². The third-order valence-electron chi connectivity index (χ3n) is 5.88. The summed E-state index contributed by atoms with van der Waals surface area (Å²) in [6.07, 6.45) is 6.86. The molecular formula is C20H27N5O. The van der Waals surface area contributed by atoms with Gasteiger partial charge in [0.25, 0.3) is 0 Å². The topological polar surface area (TPSA) is 72.3 Å². The molecule has 0 amide bonds. The minimum absolute atomic E-state index is 0.148. The lowest BCUT2D eigenvalue weighted by molar-refractivity contribution is -0.104. The smallest absolute Gasteiger partial charge is 0.162 e. The molecule has 1 N–H and O–H groups in total. The summed E-state index contributed by atoms with van der Waals surface area (Å²) in [5, 5.41) is 12.7. The highest BCUT2D eigenvalue weighted by molar-refractivity contribution is 5.93. The highest BCUT2D eigenvalue weighted by Gasteiger charge is 2.40. The first kappa shape index (κ1) is 18.2. The Balaban J connectivity index is 2.03. The minimum Gasteiger partial charge on any atom is -0.386 e. The Bertz CT molecular complexity index is 748. The number of piperidine rings is 1. The summed E-state index contributed by atoms with van der Waals surface area (Å²) in [6.45, 7) is 1.73. The summed E-state index contributed by atoms with van der Waals surface area (Å²) in [6, 6.07) is 5.97. The molecule has 26 heavy (non-hydrogen) atoms. The first-order chi connectivity index (χ1) is 12.5. The second-order valence-electron chi connectivity index (χ2n) is 7.54. The van der Waals surface area contributed by atoms with E-state index in [0.717, 1.165) is 37.4 Å². The van der Waals surface area contributed by atoms with Gasteiger partial charge >= 0.3 is 0 Å². The van der Waals surface area contributed by atoms with Crippen LogP contribution in [0, 0.1) is 16.7 Å². The van der Waals surface area contributed by atoms with Gasteiger partial charge in [0.1, 0.15) is 23.2 Å². The number of nitrogens with one attached hydrogen (secondary N) is 1. The molecule has 1 aromatic rings. The van der Waals surface area contributed by atoms with Crippen LogP contribution in [0.2, 0.25) is 0 Å². The number of anilines is 2. The van der Waals surface area contributed by atoms with Crippen LogP contribution in [-0.2, 0) is 4.79 Å². The molecule has 138 valence electrons. The molecule has 3 rings (SSSR count). The summed E-state index contributed by atoms with van der Waals surface area (Å²) in [5.74, 6) is 0.798. The molecular weight excluding hydrogens is 326 g/mol. The second-order valence-corrected chi connectivity index (χ2v) is 7.54. The Hall–Kier alpha value is -2.55. The molecule has 1 saturated heterocycles. The summed E-state index contributed by atoms with van der Waals surface area (Å²) < 4.78 is 0. The summed E-state index contributed by atoms with van der Waals surface area (Å²) in [4.78, 5) is 20.5. The van der Waals surface area contributed by atoms with Crippen LogP contribution >= 0.6 is 0 Å². The molecule has 2 aliphatic rings. The number of hydrogen-bond donors (Lipinski definition) is 1. The lowest BCUT2D eigenvalue weighted by Gasteiger charge is -2.49. The molecule has 0 unspecified atom stereocenters. The van der Waals surface area contributed by atoms with Crippen molar-refractivity contribution in [2.45, 2.75) is 32.1 Å². The fraction of sp³-hybridized carbons (Fsp3) is 0.550. The molecule has 1 aliphatic heterocycles. The van der Waals surface area contributed by atoms with Gasteiger partial charge in [-0.1, -0.05) is 6.42 Å². The predicted octanol–water partition coefficient (Wildman–Crippen LogP) is 2.89. The molecule has 6 nitrogen and oxygen atoms in total. The highest BCUT2D eigenvalue weighted by Crippen LogP contribution is 2.50. The van der Waals surface area contributed by atoms with Crippen LogP contribution in [0.5, 0.6) is 0 Å². The van der Waals surface area contributed by atoms with Crippen molar-refractivity contribution in [2.24, 2.45) is 5.41 Å². The Morgan fingerprint density at radius 3 is 2.46 bits per heavy atom. The van der Waals surface area contributed by atoms with Crippen molar-refractivity contribution in [1.29, 1.82) is 5.26 Å². The molecule has 2 heterocycles. The van der Waals surface area contributed by atoms with Gasteiger partial charge in [-0.05, 0) is 43.2 Å². The third-order valence-corrected chi connectivity index (χ3v) is 5.88. The van der Waals surface area contributed by atoms with Gasteiger partial charge in [-0.2, -0.15) is 5.26 Å². The number of nitrogens with zero attached hydrogens (tertiary/aromatic N) is 4. The zero-order valence-electron chi connectivity index (χ0n) is 15.9. The summed E-state index contributed by atoms with van der Waals surface area (Å²) in [5.41, 5.74) is 2.80. The van der Waals surface area contributed by atoms with Crippen LogP contribution in [-0.4, -0.2) is 50.4 Å². The minimum atomic E-state index is 0.148. The average Bonchev–Trinajstić information content (AvgIpc) is 2.64. The number of likely N-dealkylation sites (tertiary alicyclic amines) is 1. The SMILES string of the molecule is CNc1ccc(N(C)C)nc1/C(=C(/C#N)C=O)N1CCC2(CCC2)CC1. The van der Waals surface area contributed by atoms with Gasteiger partial charge in [-0.25, -0.2) is 4.98 Å². The molecule has 0 bridgehead atoms. The number of pyridine rings is 1. The summed E-state index contributed by atoms with van der Waals surface area (Å²) in [7, 11) is 5.70. The van der Waals surface area contributed by atoms with Crippen molar-refractivity contribution >= 4 is 23.5 Å². The zero-order chi connectivity index (χ0) is 18.7. The van der Waals surface area contributed by atoms with E-state index in [1.165, 1.54) is 19.3 Å². The van der Waals surface area contributed by atoms with Crippen LogP contribution in [0.3, 0.4) is 0 Å². The maximum Gasteiger partial charge on any atom is 0.162 e. The average molecular weight is 353 g/mol. The fourth-order valence-electron chi connectivity index (χ4n) is 4.04. The molecule has 2 fully saturated rings. The molecule has 1 aromatic heterocycles. The van der Waals surface area contributed by atoms with Crippen LogP contribution in [0.1, 0.15) is 37.8 Å². The van der Waals surface area contributed by atoms with Crippen molar-refractivity contribution in [1.82, 2.24) is 9.88 Å². The van der Waals surface area contributed by atoms with Gasteiger partial charge in [0.2, 0.25) is 0 Å². The Morgan fingerprint density at radius 1 is 1.31 bits per heavy atom. The summed E-state index contributed by atoms with van der Waals surface area (Å²) >= 11 is 0. The van der Waals surface area contributed by atoms with Crippen LogP contribution in [0.15, 0.2) is 17.7 Å². The van der Waals surface area contributed by atoms with Gasteiger partial charge in [-0.3, -0.25) is 4.79 Å². The van der Waals surface area contributed by atoms with E-state index in [2.05, 4.69) is 16.3 Å². The third kappa shape index (κ3) is 3.26. The zero-order valence-corrected chi connectivity index (χ0v) is 15.9. The number of aldehydes is 1. The van der Waals surface area contributed by atoms with E-state index in [1.807, 2.05) is 38.2 Å². The van der Waals surface area contributed by atoms with Gasteiger partial charge in [-0.15, -0.1) is 0 Å². The number of allylic oxidation sites excluding steroid dienone is 1. The van der Waals surface area contributed by atoms with Crippen LogP contribution in [0.4, 0.5) is 11.5 Å². The number of nitriles is 1. The first-order valence-electron chi connectivity index (χ1n) is 9.24. The van der Waals surface area contributed by atoms with E-state index >= 15 is 0 Å². The molecule has 1 aliphatic carbocycles. The normalized spacial score (nSPS) is 19.2. The van der Waals surface area contributed by atoms with Crippen molar-refractivity contribution in [2.75, 3.05) is 44.4 Å². The fourth-order valence-corrected chi connectivity index (χ4v) is 4.04. The van der Waals surface area contributed by atoms with Crippen LogP contribution < -0.4 is 10.2 Å². The Kier molecular flexibility index (Phi) is 5.17. The Labute approximate surface area is 155 Å². The van der Waals surface area contributed by atoms with Crippen molar-refractivity contribution in [3.05, 3.63) is 23.4 Å². The molecule has 0 radical (unpaired) electrons. The van der Waals surface area contributed by atoms with Crippen molar-refractivity contribution in [3.63, 3.8) is 0 Å². The van der Waals surface area contributed by atoms with Crippen LogP contribution in [0.25, 0.3) is 5.70 Å². The largest absolute Gasteiger partial charge is 0.386 e. The van der Waals surface area contributed by atoms with Gasteiger partial charge in [0, 0.05) is 34.2 Å². The van der Waals surface area contributed by atoms with E-state index in [0.29, 0.717) is 23.1 Å². The lowest BCUT2D eigenvalue weighted by atomic mass is 9.63. The van der Waals surface area contributed by atoms with Gasteiger partial charge in [0.15, 0.2) is 6.29 Å². The molecule has 1 saturated carbocycles. The van der Waals surface area contributed by atoms with E-state index in [4.69, 9.17) is 4.98 Å². The number of aromatic nitrogens is 1. The highest BCUT2D eigenvalue weighted by atomic mass is 16.1. The van der Waals surface area contributed by atoms with Crippen molar-refractivity contribution < 1.29 is 4.79 Å². The maximum atomic E-state index is 11.6.